The van der Waals surface area contributed by atoms with Gasteiger partial charge in [-0.05, 0) is 25.3 Å². The highest BCUT2D eigenvalue weighted by molar-refractivity contribution is 5.23. The molecule has 1 fully saturated rings. The molecule has 1 aromatic rings. The van der Waals surface area contributed by atoms with Gasteiger partial charge >= 0.3 is 0 Å². The second kappa shape index (κ2) is 3.67. The molecule has 2 heterocycles. The Morgan fingerprint density at radius 2 is 2.36 bits per heavy atom. The van der Waals surface area contributed by atoms with E-state index in [-0.39, 0.29) is 0 Å². The quantitative estimate of drug-likeness (QED) is 0.732. The molecule has 1 unspecified atom stereocenters. The number of hydrogen-bond acceptors (Lipinski definition) is 3. The second-order valence-corrected chi connectivity index (χ2v) is 3.94. The summed E-state index contributed by atoms with van der Waals surface area (Å²) in [6.07, 6.45) is 5.18. The average Bonchev–Trinajstić information content (AvgIpc) is 2.19. The highest BCUT2D eigenvalue weighted by Crippen LogP contribution is 2.29. The summed E-state index contributed by atoms with van der Waals surface area (Å²) in [7, 11) is 0. The van der Waals surface area contributed by atoms with Crippen LogP contribution in [0.5, 0.6) is 0 Å². The average molecular weight is 193 g/mol. The fourth-order valence-corrected chi connectivity index (χ4v) is 1.82. The molecule has 1 N–H and O–H groups in total. The minimum atomic E-state index is -0.822. The largest absolute Gasteiger partial charge is 0.383 e. The Hall–Kier alpha value is -0.930. The van der Waals surface area contributed by atoms with Crippen molar-refractivity contribution in [2.75, 3.05) is 13.2 Å². The third kappa shape index (κ3) is 1.79. The summed E-state index contributed by atoms with van der Waals surface area (Å²) >= 11 is 0. The van der Waals surface area contributed by atoms with E-state index in [0.717, 1.165) is 30.6 Å². The molecule has 76 valence electrons. The minimum Gasteiger partial charge on any atom is -0.383 e. The lowest BCUT2D eigenvalue weighted by atomic mass is 9.89. The summed E-state index contributed by atoms with van der Waals surface area (Å²) in [4.78, 5) is 4.09. The van der Waals surface area contributed by atoms with Crippen LogP contribution in [0.25, 0.3) is 0 Å². The highest BCUT2D eigenvalue weighted by atomic mass is 16.5. The normalized spacial score (nSPS) is 27.6. The maximum atomic E-state index is 10.3. The van der Waals surface area contributed by atoms with Crippen LogP contribution in [0.3, 0.4) is 0 Å². The van der Waals surface area contributed by atoms with Gasteiger partial charge in [0.1, 0.15) is 5.60 Å². The Balaban J connectivity index is 2.28. The van der Waals surface area contributed by atoms with Crippen molar-refractivity contribution in [3.8, 4) is 0 Å². The summed E-state index contributed by atoms with van der Waals surface area (Å²) in [5, 5.41) is 10.3. The molecule has 0 radical (unpaired) electrons. The van der Waals surface area contributed by atoms with Crippen molar-refractivity contribution in [2.24, 2.45) is 0 Å². The predicted octanol–water partition coefficient (Wildman–Crippen LogP) is 1.39. The zero-order chi connectivity index (χ0) is 10.0. The zero-order valence-corrected chi connectivity index (χ0v) is 8.36. The van der Waals surface area contributed by atoms with E-state index in [1.807, 2.05) is 13.0 Å². The Morgan fingerprint density at radius 1 is 1.50 bits per heavy atom. The molecule has 0 bridgehead atoms. The molecule has 0 amide bonds. The molecule has 0 aromatic carbocycles. The highest BCUT2D eigenvalue weighted by Gasteiger charge is 2.32. The molecule has 0 spiro atoms. The SMILES string of the molecule is Cc1cncc(C2(O)CCCOC2)c1. The van der Waals surface area contributed by atoms with Gasteiger partial charge in [0.2, 0.25) is 0 Å². The van der Waals surface area contributed by atoms with Crippen molar-refractivity contribution in [3.05, 3.63) is 29.6 Å². The van der Waals surface area contributed by atoms with Crippen LogP contribution >= 0.6 is 0 Å². The minimum absolute atomic E-state index is 0.387. The van der Waals surface area contributed by atoms with Crippen LogP contribution in [0, 0.1) is 6.92 Å². The van der Waals surface area contributed by atoms with Gasteiger partial charge in [-0.15, -0.1) is 0 Å². The lowest BCUT2D eigenvalue weighted by Crippen LogP contribution is -2.35. The van der Waals surface area contributed by atoms with E-state index in [4.69, 9.17) is 4.74 Å². The van der Waals surface area contributed by atoms with Gasteiger partial charge in [-0.2, -0.15) is 0 Å². The summed E-state index contributed by atoms with van der Waals surface area (Å²) in [5.41, 5.74) is 1.12. The lowest BCUT2D eigenvalue weighted by molar-refractivity contribution is -0.0904. The van der Waals surface area contributed by atoms with E-state index < -0.39 is 5.60 Å². The number of aromatic nitrogens is 1. The Kier molecular flexibility index (Phi) is 2.52. The molecule has 1 atom stereocenters. The Labute approximate surface area is 83.7 Å². The molecule has 1 aliphatic rings. The third-order valence-electron chi connectivity index (χ3n) is 2.63. The molecular formula is C11H15NO2. The van der Waals surface area contributed by atoms with Crippen molar-refractivity contribution in [1.82, 2.24) is 4.98 Å². The fourth-order valence-electron chi connectivity index (χ4n) is 1.82. The molecule has 1 aromatic heterocycles. The Bertz CT molecular complexity index is 319. The number of hydrogen-bond donors (Lipinski definition) is 1. The summed E-state index contributed by atoms with van der Waals surface area (Å²) in [5.74, 6) is 0. The van der Waals surface area contributed by atoms with Gasteiger partial charge in [0, 0.05) is 24.6 Å². The van der Waals surface area contributed by atoms with E-state index >= 15 is 0 Å². The number of ether oxygens (including phenoxy) is 1. The first kappa shape index (κ1) is 9.62. The van der Waals surface area contributed by atoms with Crippen LogP contribution in [0.15, 0.2) is 18.5 Å². The van der Waals surface area contributed by atoms with Crippen LogP contribution in [0.1, 0.15) is 24.0 Å². The molecule has 2 rings (SSSR count). The van der Waals surface area contributed by atoms with Crippen molar-refractivity contribution in [2.45, 2.75) is 25.4 Å². The zero-order valence-electron chi connectivity index (χ0n) is 8.36. The van der Waals surface area contributed by atoms with E-state index in [2.05, 4.69) is 4.98 Å². The Morgan fingerprint density at radius 3 is 3.00 bits per heavy atom. The smallest absolute Gasteiger partial charge is 0.114 e. The molecule has 0 saturated carbocycles. The first-order valence-corrected chi connectivity index (χ1v) is 4.93. The predicted molar refractivity (Wildman–Crippen MR) is 52.9 cm³/mol. The number of rotatable bonds is 1. The molecule has 0 aliphatic carbocycles. The molecule has 1 saturated heterocycles. The summed E-state index contributed by atoms with van der Waals surface area (Å²) in [6, 6.07) is 1.97. The van der Waals surface area contributed by atoms with Gasteiger partial charge in [0.25, 0.3) is 0 Å². The maximum absolute atomic E-state index is 10.3. The van der Waals surface area contributed by atoms with Gasteiger partial charge in [-0.1, -0.05) is 6.07 Å². The van der Waals surface area contributed by atoms with Crippen molar-refractivity contribution < 1.29 is 9.84 Å². The van der Waals surface area contributed by atoms with Gasteiger partial charge in [0.05, 0.1) is 6.61 Å². The molecule has 3 nitrogen and oxygen atoms in total. The van der Waals surface area contributed by atoms with Crippen LogP contribution in [-0.4, -0.2) is 23.3 Å². The maximum Gasteiger partial charge on any atom is 0.114 e. The second-order valence-electron chi connectivity index (χ2n) is 3.94. The molecule has 14 heavy (non-hydrogen) atoms. The van der Waals surface area contributed by atoms with Crippen LogP contribution in [-0.2, 0) is 10.3 Å². The van der Waals surface area contributed by atoms with Crippen LogP contribution in [0.4, 0.5) is 0 Å². The van der Waals surface area contributed by atoms with E-state index in [9.17, 15) is 5.11 Å². The third-order valence-corrected chi connectivity index (χ3v) is 2.63. The van der Waals surface area contributed by atoms with Gasteiger partial charge < -0.3 is 9.84 Å². The topological polar surface area (TPSA) is 42.4 Å². The van der Waals surface area contributed by atoms with E-state index in [0.29, 0.717) is 6.61 Å². The lowest BCUT2D eigenvalue weighted by Gasteiger charge is -2.32. The number of nitrogens with zero attached hydrogens (tertiary/aromatic N) is 1. The number of aryl methyl sites for hydroxylation is 1. The monoisotopic (exact) mass is 193 g/mol. The molecular weight excluding hydrogens is 178 g/mol. The summed E-state index contributed by atoms with van der Waals surface area (Å²) < 4.78 is 5.30. The number of pyridine rings is 1. The van der Waals surface area contributed by atoms with E-state index in [1.54, 1.807) is 12.4 Å². The first-order chi connectivity index (χ1) is 6.71. The van der Waals surface area contributed by atoms with Crippen molar-refractivity contribution in [1.29, 1.82) is 0 Å². The fraction of sp³-hybridized carbons (Fsp3) is 0.545. The summed E-state index contributed by atoms with van der Waals surface area (Å²) in [6.45, 7) is 3.11. The number of aliphatic hydroxyl groups is 1. The van der Waals surface area contributed by atoms with Crippen LogP contribution in [0.2, 0.25) is 0 Å². The van der Waals surface area contributed by atoms with E-state index in [1.165, 1.54) is 0 Å². The van der Waals surface area contributed by atoms with Crippen LogP contribution < -0.4 is 0 Å². The van der Waals surface area contributed by atoms with Gasteiger partial charge in [-0.3, -0.25) is 4.98 Å². The standard InChI is InChI=1S/C11H15NO2/c1-9-5-10(7-12-6-9)11(13)3-2-4-14-8-11/h5-7,13H,2-4,8H2,1H3. The first-order valence-electron chi connectivity index (χ1n) is 4.93. The van der Waals surface area contributed by atoms with Gasteiger partial charge in [-0.25, -0.2) is 0 Å². The van der Waals surface area contributed by atoms with Crippen molar-refractivity contribution in [3.63, 3.8) is 0 Å². The molecule has 1 aliphatic heterocycles. The van der Waals surface area contributed by atoms with Gasteiger partial charge in [0.15, 0.2) is 0 Å². The van der Waals surface area contributed by atoms with Crippen molar-refractivity contribution >= 4 is 0 Å². The molecule has 3 heteroatoms.